The van der Waals surface area contributed by atoms with Crippen molar-refractivity contribution in [3.8, 4) is 0 Å². The average molecular weight is 449 g/mol. The third-order valence-corrected chi connectivity index (χ3v) is 5.73. The van der Waals surface area contributed by atoms with E-state index in [1.165, 1.54) is 34.4 Å². The van der Waals surface area contributed by atoms with Crippen LogP contribution in [0.15, 0.2) is 54.0 Å². The molecular formula is C23H20N4O4S. The number of unbranched alkanes of at least 4 members (excludes halogenated alkanes) is 1. The zero-order valence-electron chi connectivity index (χ0n) is 17.3. The Bertz CT molecular complexity index is 1210. The van der Waals surface area contributed by atoms with E-state index in [1.807, 2.05) is 6.92 Å². The maximum atomic E-state index is 12.9. The number of carbonyl (C=O) groups is 4. The molecule has 2 heterocycles. The van der Waals surface area contributed by atoms with Gasteiger partial charge in [0.15, 0.2) is 5.13 Å². The fourth-order valence-corrected chi connectivity index (χ4v) is 3.91. The van der Waals surface area contributed by atoms with Crippen molar-refractivity contribution in [2.45, 2.75) is 19.8 Å². The van der Waals surface area contributed by atoms with E-state index in [4.69, 9.17) is 0 Å². The summed E-state index contributed by atoms with van der Waals surface area (Å²) in [5, 5.41) is 7.60. The Labute approximate surface area is 188 Å². The maximum Gasteiger partial charge on any atom is 0.261 e. The van der Waals surface area contributed by atoms with Crippen LogP contribution in [0.2, 0.25) is 0 Å². The lowest BCUT2D eigenvalue weighted by Gasteiger charge is -2.12. The van der Waals surface area contributed by atoms with Crippen LogP contribution in [0.4, 0.5) is 10.8 Å². The van der Waals surface area contributed by atoms with Crippen molar-refractivity contribution in [3.63, 3.8) is 0 Å². The maximum absolute atomic E-state index is 12.9. The van der Waals surface area contributed by atoms with Crippen LogP contribution in [-0.2, 0) is 0 Å². The molecule has 9 heteroatoms. The molecule has 4 rings (SSSR count). The van der Waals surface area contributed by atoms with E-state index in [-0.39, 0.29) is 22.6 Å². The van der Waals surface area contributed by atoms with Crippen LogP contribution in [0, 0.1) is 0 Å². The van der Waals surface area contributed by atoms with E-state index < -0.39 is 17.7 Å². The highest BCUT2D eigenvalue weighted by Crippen LogP contribution is 2.25. The first-order chi connectivity index (χ1) is 15.5. The van der Waals surface area contributed by atoms with Crippen LogP contribution in [-0.4, -0.2) is 40.1 Å². The number of nitrogens with zero attached hydrogens (tertiary/aromatic N) is 2. The minimum atomic E-state index is -0.491. The largest absolute Gasteiger partial charge is 0.321 e. The topological polar surface area (TPSA) is 108 Å². The Morgan fingerprint density at radius 2 is 1.78 bits per heavy atom. The first-order valence-corrected chi connectivity index (χ1v) is 11.0. The predicted molar refractivity (Wildman–Crippen MR) is 121 cm³/mol. The number of hydrogen-bond acceptors (Lipinski definition) is 6. The number of para-hydroxylation sites is 1. The number of thiazole rings is 1. The summed E-state index contributed by atoms with van der Waals surface area (Å²) in [4.78, 5) is 55.9. The van der Waals surface area contributed by atoms with Crippen molar-refractivity contribution < 1.29 is 19.2 Å². The zero-order valence-corrected chi connectivity index (χ0v) is 18.1. The summed E-state index contributed by atoms with van der Waals surface area (Å²) in [5.74, 6) is -1.63. The van der Waals surface area contributed by atoms with Gasteiger partial charge in [0.2, 0.25) is 0 Å². The van der Waals surface area contributed by atoms with Gasteiger partial charge in [-0.1, -0.05) is 25.5 Å². The van der Waals surface area contributed by atoms with E-state index in [1.54, 1.807) is 35.8 Å². The summed E-state index contributed by atoms with van der Waals surface area (Å²) in [7, 11) is 0. The predicted octanol–water partition coefficient (Wildman–Crippen LogP) is 4.04. The number of imide groups is 1. The lowest BCUT2D eigenvalue weighted by atomic mass is 10.0. The molecular weight excluding hydrogens is 428 g/mol. The van der Waals surface area contributed by atoms with Gasteiger partial charge in [-0.25, -0.2) is 4.98 Å². The second-order valence-electron chi connectivity index (χ2n) is 7.17. The summed E-state index contributed by atoms with van der Waals surface area (Å²) in [6.07, 6.45) is 3.16. The van der Waals surface area contributed by atoms with Crippen molar-refractivity contribution >= 4 is 45.8 Å². The second kappa shape index (κ2) is 9.11. The molecule has 0 fully saturated rings. The van der Waals surface area contributed by atoms with Gasteiger partial charge in [0.25, 0.3) is 23.6 Å². The molecule has 1 aliphatic rings. The van der Waals surface area contributed by atoms with E-state index in [9.17, 15) is 19.2 Å². The van der Waals surface area contributed by atoms with Crippen molar-refractivity contribution in [2.75, 3.05) is 17.2 Å². The van der Waals surface area contributed by atoms with Gasteiger partial charge >= 0.3 is 0 Å². The number of aromatic nitrogens is 1. The van der Waals surface area contributed by atoms with Crippen LogP contribution in [0.3, 0.4) is 0 Å². The molecule has 1 aromatic heterocycles. The minimum absolute atomic E-state index is 0.216. The number of rotatable bonds is 7. The molecule has 0 saturated heterocycles. The minimum Gasteiger partial charge on any atom is -0.321 e. The van der Waals surface area contributed by atoms with E-state index in [0.29, 0.717) is 22.9 Å². The van der Waals surface area contributed by atoms with Gasteiger partial charge in [-0.2, -0.15) is 0 Å². The molecule has 0 aliphatic carbocycles. The fraction of sp³-hybridized carbons (Fsp3) is 0.174. The van der Waals surface area contributed by atoms with Crippen molar-refractivity contribution in [1.29, 1.82) is 0 Å². The van der Waals surface area contributed by atoms with E-state index >= 15 is 0 Å². The number of fused-ring (bicyclic) bond motifs is 1. The van der Waals surface area contributed by atoms with E-state index in [0.717, 1.165) is 12.8 Å². The first-order valence-electron chi connectivity index (χ1n) is 10.1. The molecule has 2 aromatic carbocycles. The Morgan fingerprint density at radius 3 is 2.53 bits per heavy atom. The summed E-state index contributed by atoms with van der Waals surface area (Å²) in [6, 6.07) is 11.0. The second-order valence-corrected chi connectivity index (χ2v) is 8.06. The van der Waals surface area contributed by atoms with Crippen LogP contribution in [0.5, 0.6) is 0 Å². The fourth-order valence-electron chi connectivity index (χ4n) is 3.39. The van der Waals surface area contributed by atoms with Gasteiger partial charge in [-0.15, -0.1) is 11.3 Å². The number of benzene rings is 2. The molecule has 8 nitrogen and oxygen atoms in total. The van der Waals surface area contributed by atoms with Gasteiger partial charge in [0.1, 0.15) is 0 Å². The SMILES string of the molecule is CCCCN1C(=O)c2ccc(C(=O)Nc3ccccc3C(=O)Nc3nccs3)cc2C1=O. The molecule has 4 amide bonds. The van der Waals surface area contributed by atoms with Gasteiger partial charge in [-0.3, -0.25) is 29.4 Å². The molecule has 0 unspecified atom stereocenters. The third kappa shape index (κ3) is 4.15. The molecule has 0 radical (unpaired) electrons. The quantitative estimate of drug-likeness (QED) is 0.530. The number of anilines is 2. The highest BCUT2D eigenvalue weighted by molar-refractivity contribution is 7.13. The van der Waals surface area contributed by atoms with Crippen LogP contribution >= 0.6 is 11.3 Å². The van der Waals surface area contributed by atoms with Crippen molar-refractivity contribution in [3.05, 3.63) is 76.3 Å². The van der Waals surface area contributed by atoms with Crippen LogP contribution < -0.4 is 10.6 Å². The monoisotopic (exact) mass is 448 g/mol. The molecule has 1 aliphatic heterocycles. The standard InChI is InChI=1S/C23H20N4O4S/c1-2-3-11-27-21(30)15-9-8-14(13-17(15)22(27)31)19(28)25-18-7-5-4-6-16(18)20(29)26-23-24-10-12-32-23/h4-10,12-13H,2-3,11H2,1H3,(H,25,28)(H,24,26,29). The highest BCUT2D eigenvalue weighted by atomic mass is 32.1. The lowest BCUT2D eigenvalue weighted by molar-refractivity contribution is 0.0652. The normalized spacial score (nSPS) is 12.6. The van der Waals surface area contributed by atoms with Gasteiger partial charge in [0.05, 0.1) is 22.4 Å². The number of nitrogens with one attached hydrogen (secondary N) is 2. The molecule has 2 N–H and O–H groups in total. The van der Waals surface area contributed by atoms with Crippen molar-refractivity contribution in [1.82, 2.24) is 9.88 Å². The molecule has 3 aromatic rings. The summed E-state index contributed by atoms with van der Waals surface area (Å²) in [6.45, 7) is 2.33. The number of carbonyl (C=O) groups excluding carboxylic acids is 4. The lowest BCUT2D eigenvalue weighted by Crippen LogP contribution is -2.30. The van der Waals surface area contributed by atoms with Crippen LogP contribution in [0.25, 0.3) is 0 Å². The Morgan fingerprint density at radius 1 is 1.00 bits per heavy atom. The smallest absolute Gasteiger partial charge is 0.261 e. The Hall–Kier alpha value is -3.85. The zero-order chi connectivity index (χ0) is 22.7. The average Bonchev–Trinajstić information content (AvgIpc) is 3.39. The number of amides is 4. The third-order valence-electron chi connectivity index (χ3n) is 5.04. The summed E-state index contributed by atoms with van der Waals surface area (Å²) in [5.41, 5.74) is 1.32. The van der Waals surface area contributed by atoms with Crippen molar-refractivity contribution in [2.24, 2.45) is 0 Å². The Kier molecular flexibility index (Phi) is 6.09. The van der Waals surface area contributed by atoms with Crippen LogP contribution in [0.1, 0.15) is 61.2 Å². The molecule has 0 spiro atoms. The number of hydrogen-bond donors (Lipinski definition) is 2. The van der Waals surface area contributed by atoms with Gasteiger partial charge in [-0.05, 0) is 36.8 Å². The molecule has 0 saturated carbocycles. The Balaban J connectivity index is 1.54. The molecule has 32 heavy (non-hydrogen) atoms. The molecule has 0 atom stereocenters. The van der Waals surface area contributed by atoms with Gasteiger partial charge < -0.3 is 5.32 Å². The first kappa shape index (κ1) is 21.4. The highest BCUT2D eigenvalue weighted by Gasteiger charge is 2.35. The summed E-state index contributed by atoms with van der Waals surface area (Å²) < 4.78 is 0. The van der Waals surface area contributed by atoms with Gasteiger partial charge in [0, 0.05) is 23.7 Å². The molecule has 162 valence electrons. The molecule has 0 bridgehead atoms. The summed E-state index contributed by atoms with van der Waals surface area (Å²) >= 11 is 1.29. The van der Waals surface area contributed by atoms with E-state index in [2.05, 4.69) is 15.6 Å².